The first-order valence-corrected chi connectivity index (χ1v) is 7.24. The highest BCUT2D eigenvalue weighted by atomic mass is 15.2. The zero-order chi connectivity index (χ0) is 12.8. The van der Waals surface area contributed by atoms with Crippen molar-refractivity contribution in [2.75, 3.05) is 19.6 Å². The molecule has 2 aliphatic rings. The maximum atomic E-state index is 3.80. The average molecular weight is 238 g/mol. The highest BCUT2D eigenvalue weighted by molar-refractivity contribution is 5.13. The SMILES string of the molecule is CC(C)N1CCC(NCC2C(C)(C)C2(C)C)C1. The summed E-state index contributed by atoms with van der Waals surface area (Å²) in [6.07, 6.45) is 1.33. The van der Waals surface area contributed by atoms with Gasteiger partial charge in [-0.05, 0) is 50.1 Å². The second kappa shape index (κ2) is 4.24. The molecule has 0 aromatic heterocycles. The number of nitrogens with one attached hydrogen (secondary N) is 1. The lowest BCUT2D eigenvalue weighted by Gasteiger charge is -2.20. The first kappa shape index (κ1) is 13.4. The molecule has 100 valence electrons. The van der Waals surface area contributed by atoms with Crippen LogP contribution in [0.25, 0.3) is 0 Å². The summed E-state index contributed by atoms with van der Waals surface area (Å²) in [6, 6.07) is 1.43. The third-order valence-electron chi connectivity index (χ3n) is 5.88. The van der Waals surface area contributed by atoms with E-state index in [4.69, 9.17) is 0 Å². The van der Waals surface area contributed by atoms with Crippen molar-refractivity contribution in [3.05, 3.63) is 0 Å². The summed E-state index contributed by atoms with van der Waals surface area (Å²) in [5.41, 5.74) is 1.05. The maximum absolute atomic E-state index is 3.80. The van der Waals surface area contributed by atoms with Crippen LogP contribution in [0.5, 0.6) is 0 Å². The summed E-state index contributed by atoms with van der Waals surface area (Å²) in [6.45, 7) is 18.0. The number of nitrogens with zero attached hydrogens (tertiary/aromatic N) is 1. The van der Waals surface area contributed by atoms with Gasteiger partial charge in [-0.1, -0.05) is 27.7 Å². The molecule has 1 atom stereocenters. The van der Waals surface area contributed by atoms with Crippen molar-refractivity contribution in [3.8, 4) is 0 Å². The molecule has 0 aromatic carbocycles. The molecular formula is C15H30N2. The Morgan fingerprint density at radius 2 is 1.76 bits per heavy atom. The average Bonchev–Trinajstić information content (AvgIpc) is 2.58. The Morgan fingerprint density at radius 3 is 2.18 bits per heavy atom. The largest absolute Gasteiger partial charge is 0.312 e. The molecule has 2 heteroatoms. The van der Waals surface area contributed by atoms with E-state index >= 15 is 0 Å². The van der Waals surface area contributed by atoms with Crippen molar-refractivity contribution < 1.29 is 0 Å². The molecular weight excluding hydrogens is 208 g/mol. The van der Waals surface area contributed by atoms with E-state index in [1.807, 2.05) is 0 Å². The van der Waals surface area contributed by atoms with E-state index in [1.165, 1.54) is 26.1 Å². The van der Waals surface area contributed by atoms with Gasteiger partial charge in [0.25, 0.3) is 0 Å². The van der Waals surface area contributed by atoms with Crippen molar-refractivity contribution in [3.63, 3.8) is 0 Å². The van der Waals surface area contributed by atoms with Crippen LogP contribution in [0.2, 0.25) is 0 Å². The minimum absolute atomic E-state index is 0.524. The molecule has 1 saturated heterocycles. The molecule has 1 aliphatic heterocycles. The highest BCUT2D eigenvalue weighted by Crippen LogP contribution is 2.67. The Balaban J connectivity index is 1.75. The summed E-state index contributed by atoms with van der Waals surface area (Å²) >= 11 is 0. The Hall–Kier alpha value is -0.0800. The molecule has 0 spiro atoms. The summed E-state index contributed by atoms with van der Waals surface area (Å²) in [5.74, 6) is 0.850. The Morgan fingerprint density at radius 1 is 1.18 bits per heavy atom. The van der Waals surface area contributed by atoms with Crippen molar-refractivity contribution >= 4 is 0 Å². The van der Waals surface area contributed by atoms with E-state index < -0.39 is 0 Å². The molecule has 1 saturated carbocycles. The van der Waals surface area contributed by atoms with Gasteiger partial charge in [-0.25, -0.2) is 0 Å². The second-order valence-electron chi connectivity index (χ2n) is 7.48. The van der Waals surface area contributed by atoms with Crippen LogP contribution in [-0.4, -0.2) is 36.6 Å². The van der Waals surface area contributed by atoms with Crippen molar-refractivity contribution in [1.29, 1.82) is 0 Å². The molecule has 1 unspecified atom stereocenters. The fraction of sp³-hybridized carbons (Fsp3) is 1.00. The molecule has 2 rings (SSSR count). The summed E-state index contributed by atoms with van der Waals surface area (Å²) < 4.78 is 0. The lowest BCUT2D eigenvalue weighted by molar-refractivity contribution is 0.267. The Labute approximate surface area is 107 Å². The minimum atomic E-state index is 0.524. The molecule has 0 aromatic rings. The predicted octanol–water partition coefficient (Wildman–Crippen LogP) is 2.74. The Bertz CT molecular complexity index is 267. The number of hydrogen-bond acceptors (Lipinski definition) is 2. The van der Waals surface area contributed by atoms with E-state index in [1.54, 1.807) is 0 Å². The van der Waals surface area contributed by atoms with Gasteiger partial charge in [-0.2, -0.15) is 0 Å². The van der Waals surface area contributed by atoms with Gasteiger partial charge >= 0.3 is 0 Å². The van der Waals surface area contributed by atoms with Gasteiger partial charge in [-0.15, -0.1) is 0 Å². The van der Waals surface area contributed by atoms with Gasteiger partial charge in [0.05, 0.1) is 0 Å². The van der Waals surface area contributed by atoms with Crippen molar-refractivity contribution in [1.82, 2.24) is 10.2 Å². The lowest BCUT2D eigenvalue weighted by Crippen LogP contribution is -2.36. The van der Waals surface area contributed by atoms with Gasteiger partial charge in [0.1, 0.15) is 0 Å². The van der Waals surface area contributed by atoms with Gasteiger partial charge < -0.3 is 5.32 Å². The van der Waals surface area contributed by atoms with Gasteiger partial charge in [0, 0.05) is 18.6 Å². The first-order chi connectivity index (χ1) is 7.76. The van der Waals surface area contributed by atoms with E-state index in [0.717, 1.165) is 12.0 Å². The normalized spacial score (nSPS) is 32.3. The number of likely N-dealkylation sites (tertiary alicyclic amines) is 1. The monoisotopic (exact) mass is 238 g/mol. The van der Waals surface area contributed by atoms with Gasteiger partial charge in [0.2, 0.25) is 0 Å². The van der Waals surface area contributed by atoms with Gasteiger partial charge in [-0.3, -0.25) is 4.90 Å². The van der Waals surface area contributed by atoms with Crippen LogP contribution in [0.15, 0.2) is 0 Å². The molecule has 2 fully saturated rings. The van der Waals surface area contributed by atoms with Crippen LogP contribution in [-0.2, 0) is 0 Å². The summed E-state index contributed by atoms with van der Waals surface area (Å²) in [5, 5.41) is 3.80. The molecule has 17 heavy (non-hydrogen) atoms. The van der Waals surface area contributed by atoms with Crippen LogP contribution >= 0.6 is 0 Å². The predicted molar refractivity (Wildman–Crippen MR) is 74.2 cm³/mol. The third kappa shape index (κ3) is 2.26. The molecule has 1 aliphatic carbocycles. The highest BCUT2D eigenvalue weighted by Gasteiger charge is 2.63. The molecule has 0 radical (unpaired) electrons. The minimum Gasteiger partial charge on any atom is -0.312 e. The third-order valence-corrected chi connectivity index (χ3v) is 5.88. The topological polar surface area (TPSA) is 15.3 Å². The maximum Gasteiger partial charge on any atom is 0.0207 e. The van der Waals surface area contributed by atoms with E-state index in [2.05, 4.69) is 51.8 Å². The number of rotatable bonds is 4. The summed E-state index contributed by atoms with van der Waals surface area (Å²) in [4.78, 5) is 2.58. The van der Waals surface area contributed by atoms with Gasteiger partial charge in [0.15, 0.2) is 0 Å². The van der Waals surface area contributed by atoms with Crippen LogP contribution in [0.3, 0.4) is 0 Å². The standard InChI is InChI=1S/C15H30N2/c1-11(2)17-8-7-12(10-17)16-9-13-14(3,4)15(13,5)6/h11-13,16H,7-10H2,1-6H3. The quantitative estimate of drug-likeness (QED) is 0.810. The fourth-order valence-electron chi connectivity index (χ4n) is 3.55. The first-order valence-electron chi connectivity index (χ1n) is 7.24. The molecule has 1 N–H and O–H groups in total. The van der Waals surface area contributed by atoms with Crippen LogP contribution < -0.4 is 5.32 Å². The van der Waals surface area contributed by atoms with Crippen molar-refractivity contribution in [2.45, 2.75) is 60.0 Å². The van der Waals surface area contributed by atoms with Crippen LogP contribution in [0.1, 0.15) is 48.0 Å². The zero-order valence-electron chi connectivity index (χ0n) is 12.5. The molecule has 0 bridgehead atoms. The smallest absolute Gasteiger partial charge is 0.0207 e. The fourth-order valence-corrected chi connectivity index (χ4v) is 3.55. The van der Waals surface area contributed by atoms with E-state index in [-0.39, 0.29) is 0 Å². The van der Waals surface area contributed by atoms with E-state index in [9.17, 15) is 0 Å². The zero-order valence-corrected chi connectivity index (χ0v) is 12.5. The second-order valence-corrected chi connectivity index (χ2v) is 7.48. The summed E-state index contributed by atoms with van der Waals surface area (Å²) in [7, 11) is 0. The van der Waals surface area contributed by atoms with Crippen LogP contribution in [0.4, 0.5) is 0 Å². The number of hydrogen-bond donors (Lipinski definition) is 1. The van der Waals surface area contributed by atoms with E-state index in [0.29, 0.717) is 16.9 Å². The Kier molecular flexibility index (Phi) is 3.33. The molecule has 1 heterocycles. The molecule has 0 amide bonds. The lowest BCUT2D eigenvalue weighted by atomic mass is 10.0. The molecule has 2 nitrogen and oxygen atoms in total. The van der Waals surface area contributed by atoms with Crippen LogP contribution in [0, 0.1) is 16.7 Å². The van der Waals surface area contributed by atoms with Crippen molar-refractivity contribution in [2.24, 2.45) is 16.7 Å².